The smallest absolute Gasteiger partial charge is 0.293 e. The van der Waals surface area contributed by atoms with Gasteiger partial charge >= 0.3 is 0 Å². The second-order valence-electron chi connectivity index (χ2n) is 4.84. The minimum atomic E-state index is -0.00431. The van der Waals surface area contributed by atoms with Gasteiger partial charge in [-0.25, -0.2) is 4.98 Å². The highest BCUT2D eigenvalue weighted by atomic mass is 16.3. The number of hydrogen-bond donors (Lipinski definition) is 1. The molecule has 1 aromatic heterocycles. The lowest BCUT2D eigenvalue weighted by Crippen LogP contribution is -2.36. The van der Waals surface area contributed by atoms with Crippen LogP contribution < -0.4 is 10.5 Å². The van der Waals surface area contributed by atoms with Crippen LogP contribution in [0.5, 0.6) is 0 Å². The largest absolute Gasteiger partial charge is 0.395 e. The zero-order chi connectivity index (χ0) is 11.8. The number of nitrogens with zero attached hydrogens (tertiary/aromatic N) is 3. The van der Waals surface area contributed by atoms with Crippen LogP contribution in [0.3, 0.4) is 0 Å². The molecule has 92 valence electrons. The van der Waals surface area contributed by atoms with Crippen molar-refractivity contribution in [1.29, 1.82) is 0 Å². The van der Waals surface area contributed by atoms with Gasteiger partial charge in [-0.3, -0.25) is 4.79 Å². The van der Waals surface area contributed by atoms with E-state index in [-0.39, 0.29) is 12.2 Å². The molecule has 0 bridgehead atoms. The monoisotopic (exact) mass is 235 g/mol. The van der Waals surface area contributed by atoms with Crippen molar-refractivity contribution in [2.75, 3.05) is 18.1 Å². The SMILES string of the molecule is O=c1c(N(CCO)C2CC2)nccn1C1CC1. The van der Waals surface area contributed by atoms with Gasteiger partial charge in [0.2, 0.25) is 0 Å². The lowest BCUT2D eigenvalue weighted by atomic mass is 10.4. The fraction of sp³-hybridized carbons (Fsp3) is 0.667. The molecule has 0 spiro atoms. The van der Waals surface area contributed by atoms with Gasteiger partial charge in [0.15, 0.2) is 5.82 Å². The molecule has 0 saturated heterocycles. The quantitative estimate of drug-likeness (QED) is 0.809. The molecule has 5 heteroatoms. The second-order valence-corrected chi connectivity index (χ2v) is 4.84. The minimum Gasteiger partial charge on any atom is -0.395 e. The van der Waals surface area contributed by atoms with Gasteiger partial charge in [0.05, 0.1) is 6.61 Å². The summed E-state index contributed by atoms with van der Waals surface area (Å²) in [6.07, 6.45) is 7.84. The fourth-order valence-electron chi connectivity index (χ4n) is 2.21. The molecule has 1 heterocycles. The van der Waals surface area contributed by atoms with Crippen LogP contribution in [0, 0.1) is 0 Å². The Balaban J connectivity index is 1.94. The first-order valence-electron chi connectivity index (χ1n) is 6.26. The van der Waals surface area contributed by atoms with Gasteiger partial charge in [0.25, 0.3) is 5.56 Å². The minimum absolute atomic E-state index is 0.00431. The highest BCUT2D eigenvalue weighted by Crippen LogP contribution is 2.34. The first-order valence-corrected chi connectivity index (χ1v) is 6.26. The van der Waals surface area contributed by atoms with E-state index in [1.54, 1.807) is 17.0 Å². The van der Waals surface area contributed by atoms with E-state index >= 15 is 0 Å². The summed E-state index contributed by atoms with van der Waals surface area (Å²) in [6, 6.07) is 0.775. The van der Waals surface area contributed by atoms with Gasteiger partial charge in [0.1, 0.15) is 0 Å². The molecule has 1 N–H and O–H groups in total. The zero-order valence-corrected chi connectivity index (χ0v) is 9.75. The number of anilines is 1. The standard InChI is InChI=1S/C12H17N3O2/c16-8-7-14(9-1-2-9)11-12(17)15(6-5-13-11)10-3-4-10/h5-6,9-10,16H,1-4,7-8H2. The van der Waals surface area contributed by atoms with E-state index in [2.05, 4.69) is 4.98 Å². The van der Waals surface area contributed by atoms with E-state index in [0.717, 1.165) is 25.7 Å². The van der Waals surface area contributed by atoms with Crippen LogP contribution >= 0.6 is 0 Å². The Morgan fingerprint density at radius 3 is 2.76 bits per heavy atom. The number of aromatic nitrogens is 2. The van der Waals surface area contributed by atoms with Crippen LogP contribution in [0.2, 0.25) is 0 Å². The third-order valence-electron chi connectivity index (χ3n) is 3.39. The van der Waals surface area contributed by atoms with Crippen LogP contribution in [0.1, 0.15) is 31.7 Å². The molecular formula is C12H17N3O2. The topological polar surface area (TPSA) is 58.4 Å². The van der Waals surface area contributed by atoms with Gasteiger partial charge in [0, 0.05) is 31.0 Å². The average molecular weight is 235 g/mol. The molecule has 0 aromatic carbocycles. The van der Waals surface area contributed by atoms with Crippen molar-refractivity contribution in [2.45, 2.75) is 37.8 Å². The molecule has 0 unspecified atom stereocenters. The third-order valence-corrected chi connectivity index (χ3v) is 3.39. The number of aliphatic hydroxyl groups is 1. The van der Waals surface area contributed by atoms with Crippen molar-refractivity contribution < 1.29 is 5.11 Å². The Kier molecular flexibility index (Phi) is 2.63. The van der Waals surface area contributed by atoms with Crippen LogP contribution in [0.4, 0.5) is 5.82 Å². The maximum atomic E-state index is 12.3. The Hall–Kier alpha value is -1.36. The van der Waals surface area contributed by atoms with Crippen molar-refractivity contribution in [3.63, 3.8) is 0 Å². The average Bonchev–Trinajstić information content (AvgIpc) is 3.17. The lowest BCUT2D eigenvalue weighted by Gasteiger charge is -2.22. The molecule has 0 amide bonds. The van der Waals surface area contributed by atoms with Gasteiger partial charge in [-0.1, -0.05) is 0 Å². The van der Waals surface area contributed by atoms with Crippen molar-refractivity contribution in [2.24, 2.45) is 0 Å². The van der Waals surface area contributed by atoms with E-state index in [4.69, 9.17) is 5.11 Å². The van der Waals surface area contributed by atoms with Gasteiger partial charge in [-0.15, -0.1) is 0 Å². The molecule has 2 saturated carbocycles. The summed E-state index contributed by atoms with van der Waals surface area (Å²) in [4.78, 5) is 18.4. The summed E-state index contributed by atoms with van der Waals surface area (Å²) in [7, 11) is 0. The second kappa shape index (κ2) is 4.14. The number of rotatable bonds is 5. The third kappa shape index (κ3) is 2.07. The van der Waals surface area contributed by atoms with Crippen molar-refractivity contribution >= 4 is 5.82 Å². The molecule has 3 rings (SSSR count). The first kappa shape index (κ1) is 10.8. The van der Waals surface area contributed by atoms with E-state index < -0.39 is 0 Å². The highest BCUT2D eigenvalue weighted by Gasteiger charge is 2.32. The van der Waals surface area contributed by atoms with Crippen LogP contribution in [-0.2, 0) is 0 Å². The Labute approximate surface area is 99.7 Å². The number of aliphatic hydroxyl groups excluding tert-OH is 1. The van der Waals surface area contributed by atoms with Crippen LogP contribution in [0.15, 0.2) is 17.2 Å². The Bertz CT molecular complexity index is 463. The molecule has 1 aromatic rings. The van der Waals surface area contributed by atoms with Crippen LogP contribution in [-0.4, -0.2) is 33.9 Å². The summed E-state index contributed by atoms with van der Waals surface area (Å²) >= 11 is 0. The molecule has 2 fully saturated rings. The van der Waals surface area contributed by atoms with E-state index in [0.29, 0.717) is 24.4 Å². The highest BCUT2D eigenvalue weighted by molar-refractivity contribution is 5.39. The molecule has 2 aliphatic carbocycles. The lowest BCUT2D eigenvalue weighted by molar-refractivity contribution is 0.301. The Morgan fingerprint density at radius 2 is 2.18 bits per heavy atom. The Morgan fingerprint density at radius 1 is 1.41 bits per heavy atom. The predicted molar refractivity (Wildman–Crippen MR) is 64.2 cm³/mol. The molecule has 0 radical (unpaired) electrons. The summed E-state index contributed by atoms with van der Waals surface area (Å²) in [5, 5.41) is 9.08. The van der Waals surface area contributed by atoms with Gasteiger partial charge in [-0.05, 0) is 25.7 Å². The molecular weight excluding hydrogens is 218 g/mol. The maximum absolute atomic E-state index is 12.3. The van der Waals surface area contributed by atoms with Crippen molar-refractivity contribution in [1.82, 2.24) is 9.55 Å². The number of hydrogen-bond acceptors (Lipinski definition) is 4. The summed E-state index contributed by atoms with van der Waals surface area (Å²) in [5.74, 6) is 0.510. The van der Waals surface area contributed by atoms with Crippen LogP contribution in [0.25, 0.3) is 0 Å². The predicted octanol–water partition coefficient (Wildman–Crippen LogP) is 0.539. The maximum Gasteiger partial charge on any atom is 0.293 e. The molecule has 5 nitrogen and oxygen atoms in total. The van der Waals surface area contributed by atoms with Gasteiger partial charge in [-0.2, -0.15) is 0 Å². The van der Waals surface area contributed by atoms with E-state index in [1.165, 1.54) is 0 Å². The molecule has 2 aliphatic rings. The molecule has 0 aliphatic heterocycles. The first-order chi connectivity index (χ1) is 8.31. The summed E-state index contributed by atoms with van der Waals surface area (Å²) < 4.78 is 1.79. The van der Waals surface area contributed by atoms with E-state index in [1.807, 2.05) is 4.90 Å². The van der Waals surface area contributed by atoms with Crippen molar-refractivity contribution in [3.8, 4) is 0 Å². The van der Waals surface area contributed by atoms with Crippen molar-refractivity contribution in [3.05, 3.63) is 22.7 Å². The normalized spacial score (nSPS) is 19.4. The molecule has 17 heavy (non-hydrogen) atoms. The summed E-state index contributed by atoms with van der Waals surface area (Å²) in [6.45, 7) is 0.567. The fourth-order valence-corrected chi connectivity index (χ4v) is 2.21. The summed E-state index contributed by atoms with van der Waals surface area (Å²) in [5.41, 5.74) is -0.00431. The van der Waals surface area contributed by atoms with Gasteiger partial charge < -0.3 is 14.6 Å². The zero-order valence-electron chi connectivity index (χ0n) is 9.75. The van der Waals surface area contributed by atoms with E-state index in [9.17, 15) is 4.79 Å². The molecule has 0 atom stereocenters.